The molecule has 0 aliphatic carbocycles. The van der Waals surface area contributed by atoms with Crippen molar-refractivity contribution < 1.29 is 27.5 Å². The minimum Gasteiger partial charge on any atom is -0.466 e. The molecule has 1 amide bonds. The third-order valence-electron chi connectivity index (χ3n) is 3.16. The Balaban J connectivity index is 2.31. The molecule has 4 nitrogen and oxygen atoms in total. The lowest BCUT2D eigenvalue weighted by molar-refractivity contribution is -0.186. The molecule has 1 fully saturated rings. The first-order valence-electron chi connectivity index (χ1n) is 6.34. The summed E-state index contributed by atoms with van der Waals surface area (Å²) in [5, 5.41) is 0. The molecule has 19 heavy (non-hydrogen) atoms. The van der Waals surface area contributed by atoms with Crippen molar-refractivity contribution in [2.24, 2.45) is 5.92 Å². The fourth-order valence-corrected chi connectivity index (χ4v) is 2.06. The molecule has 0 saturated carbocycles. The summed E-state index contributed by atoms with van der Waals surface area (Å²) in [6, 6.07) is 0. The summed E-state index contributed by atoms with van der Waals surface area (Å²) in [4.78, 5) is 24.2. The van der Waals surface area contributed by atoms with Gasteiger partial charge < -0.3 is 9.64 Å². The number of carbonyl (C=O) groups excluding carboxylic acids is 2. The van der Waals surface area contributed by atoms with Crippen molar-refractivity contribution in [3.8, 4) is 0 Å². The van der Waals surface area contributed by atoms with E-state index in [1.807, 2.05) is 0 Å². The van der Waals surface area contributed by atoms with Crippen LogP contribution in [-0.2, 0) is 14.3 Å². The van der Waals surface area contributed by atoms with Gasteiger partial charge in [0.2, 0.25) is 5.91 Å². The molecule has 110 valence electrons. The number of nitrogens with zero attached hydrogens (tertiary/aromatic N) is 1. The highest BCUT2D eigenvalue weighted by Gasteiger charge is 2.41. The molecule has 0 aromatic carbocycles. The Morgan fingerprint density at radius 2 is 1.79 bits per heavy atom. The van der Waals surface area contributed by atoms with Crippen molar-refractivity contribution in [3.63, 3.8) is 0 Å². The van der Waals surface area contributed by atoms with Gasteiger partial charge in [0.05, 0.1) is 18.9 Å². The number of esters is 1. The summed E-state index contributed by atoms with van der Waals surface area (Å²) in [5.74, 6) is -2.06. The smallest absolute Gasteiger partial charge is 0.391 e. The van der Waals surface area contributed by atoms with Crippen molar-refractivity contribution in [2.75, 3.05) is 19.7 Å². The molecule has 1 heterocycles. The number of piperidine rings is 1. The third-order valence-corrected chi connectivity index (χ3v) is 3.16. The molecule has 0 atom stereocenters. The standard InChI is InChI=1S/C12H18F3NO3/c1-2-19-11(18)4-3-10(17)16-7-5-9(6-8-16)12(13,14)15/h9H,2-8H2,1H3. The average Bonchev–Trinajstić information content (AvgIpc) is 2.35. The third kappa shape index (κ3) is 5.08. The Kier molecular flexibility index (Phi) is 5.62. The molecule has 0 aromatic heterocycles. The van der Waals surface area contributed by atoms with Gasteiger partial charge in [-0.05, 0) is 19.8 Å². The summed E-state index contributed by atoms with van der Waals surface area (Å²) >= 11 is 0. The molecule has 0 N–H and O–H groups in total. The maximum atomic E-state index is 12.4. The fraction of sp³-hybridized carbons (Fsp3) is 0.833. The van der Waals surface area contributed by atoms with Crippen LogP contribution in [0.3, 0.4) is 0 Å². The second-order valence-electron chi connectivity index (χ2n) is 4.50. The number of rotatable bonds is 4. The SMILES string of the molecule is CCOC(=O)CCC(=O)N1CCC(C(F)(F)F)CC1. The van der Waals surface area contributed by atoms with Crippen LogP contribution in [0.4, 0.5) is 13.2 Å². The lowest BCUT2D eigenvalue weighted by Gasteiger charge is -2.32. The highest BCUT2D eigenvalue weighted by molar-refractivity contribution is 5.81. The zero-order valence-corrected chi connectivity index (χ0v) is 10.8. The lowest BCUT2D eigenvalue weighted by atomic mass is 9.96. The summed E-state index contributed by atoms with van der Waals surface area (Å²) in [7, 11) is 0. The first-order chi connectivity index (χ1) is 8.84. The highest BCUT2D eigenvalue weighted by atomic mass is 19.4. The average molecular weight is 281 g/mol. The van der Waals surface area contributed by atoms with Crippen molar-refractivity contribution in [1.82, 2.24) is 4.90 Å². The van der Waals surface area contributed by atoms with Gasteiger partial charge in [-0.15, -0.1) is 0 Å². The Morgan fingerprint density at radius 1 is 1.21 bits per heavy atom. The van der Waals surface area contributed by atoms with Crippen LogP contribution in [0.1, 0.15) is 32.6 Å². The summed E-state index contributed by atoms with van der Waals surface area (Å²) in [6.07, 6.45) is -4.33. The zero-order valence-electron chi connectivity index (χ0n) is 10.8. The topological polar surface area (TPSA) is 46.6 Å². The highest BCUT2D eigenvalue weighted by Crippen LogP contribution is 2.34. The largest absolute Gasteiger partial charge is 0.466 e. The second kappa shape index (κ2) is 6.77. The van der Waals surface area contributed by atoms with Gasteiger partial charge >= 0.3 is 12.1 Å². The van der Waals surface area contributed by atoms with Gasteiger partial charge in [0.15, 0.2) is 0 Å². The first kappa shape index (κ1) is 15.8. The van der Waals surface area contributed by atoms with Crippen LogP contribution in [0, 0.1) is 5.92 Å². The van der Waals surface area contributed by atoms with E-state index in [-0.39, 0.29) is 51.3 Å². The zero-order chi connectivity index (χ0) is 14.5. The van der Waals surface area contributed by atoms with Crippen LogP contribution in [0.15, 0.2) is 0 Å². The number of amides is 1. The maximum absolute atomic E-state index is 12.4. The van der Waals surface area contributed by atoms with Crippen LogP contribution < -0.4 is 0 Å². The molecule has 0 radical (unpaired) electrons. The minimum absolute atomic E-state index is 0.00445. The summed E-state index contributed by atoms with van der Waals surface area (Å²) < 4.78 is 42.0. The summed E-state index contributed by atoms with van der Waals surface area (Å²) in [6.45, 7) is 2.13. The van der Waals surface area contributed by atoms with Crippen LogP contribution in [-0.4, -0.2) is 42.6 Å². The summed E-state index contributed by atoms with van der Waals surface area (Å²) in [5.41, 5.74) is 0. The predicted molar refractivity (Wildman–Crippen MR) is 61.2 cm³/mol. The number of halogens is 3. The molecule has 0 spiro atoms. The predicted octanol–water partition coefficient (Wildman–Crippen LogP) is 2.13. The number of hydrogen-bond donors (Lipinski definition) is 0. The number of ether oxygens (including phenoxy) is 1. The number of likely N-dealkylation sites (tertiary alicyclic amines) is 1. The quantitative estimate of drug-likeness (QED) is 0.742. The van der Waals surface area contributed by atoms with E-state index in [0.717, 1.165) is 0 Å². The number of alkyl halides is 3. The van der Waals surface area contributed by atoms with Gasteiger partial charge in [-0.25, -0.2) is 0 Å². The van der Waals surface area contributed by atoms with Crippen LogP contribution in [0.5, 0.6) is 0 Å². The van der Waals surface area contributed by atoms with Gasteiger partial charge in [-0.2, -0.15) is 13.2 Å². The number of hydrogen-bond acceptors (Lipinski definition) is 3. The minimum atomic E-state index is -4.18. The molecular weight excluding hydrogens is 263 g/mol. The van der Waals surface area contributed by atoms with Gasteiger partial charge in [0.1, 0.15) is 0 Å². The second-order valence-corrected chi connectivity index (χ2v) is 4.50. The van der Waals surface area contributed by atoms with Gasteiger partial charge in [-0.3, -0.25) is 9.59 Å². The Morgan fingerprint density at radius 3 is 2.26 bits per heavy atom. The molecule has 0 bridgehead atoms. The van der Waals surface area contributed by atoms with E-state index in [1.54, 1.807) is 6.92 Å². The Hall–Kier alpha value is -1.27. The van der Waals surface area contributed by atoms with Crippen LogP contribution in [0.25, 0.3) is 0 Å². The van der Waals surface area contributed by atoms with Gasteiger partial charge in [0, 0.05) is 19.5 Å². The monoisotopic (exact) mass is 281 g/mol. The van der Waals surface area contributed by atoms with E-state index < -0.39 is 18.1 Å². The molecule has 0 aromatic rings. The van der Waals surface area contributed by atoms with E-state index in [1.165, 1.54) is 4.90 Å². The van der Waals surface area contributed by atoms with E-state index in [9.17, 15) is 22.8 Å². The molecule has 1 aliphatic rings. The van der Waals surface area contributed by atoms with E-state index in [2.05, 4.69) is 4.74 Å². The molecule has 1 rings (SSSR count). The van der Waals surface area contributed by atoms with Crippen molar-refractivity contribution in [3.05, 3.63) is 0 Å². The maximum Gasteiger partial charge on any atom is 0.391 e. The van der Waals surface area contributed by atoms with E-state index in [4.69, 9.17) is 0 Å². The van der Waals surface area contributed by atoms with Crippen LogP contribution in [0.2, 0.25) is 0 Å². The molecule has 1 saturated heterocycles. The molecule has 0 unspecified atom stereocenters. The van der Waals surface area contributed by atoms with Crippen molar-refractivity contribution in [2.45, 2.75) is 38.8 Å². The molecule has 7 heteroatoms. The van der Waals surface area contributed by atoms with Gasteiger partial charge in [0.25, 0.3) is 0 Å². The van der Waals surface area contributed by atoms with Crippen molar-refractivity contribution in [1.29, 1.82) is 0 Å². The first-order valence-corrected chi connectivity index (χ1v) is 6.34. The number of carbonyl (C=O) groups is 2. The van der Waals surface area contributed by atoms with Gasteiger partial charge in [-0.1, -0.05) is 0 Å². The normalized spacial score (nSPS) is 17.4. The Labute approximate surface area is 109 Å². The van der Waals surface area contributed by atoms with E-state index >= 15 is 0 Å². The lowest BCUT2D eigenvalue weighted by Crippen LogP contribution is -2.42. The molecular formula is C12H18F3NO3. The van der Waals surface area contributed by atoms with E-state index in [0.29, 0.717) is 0 Å². The molecule has 1 aliphatic heterocycles. The van der Waals surface area contributed by atoms with Crippen LogP contribution >= 0.6 is 0 Å². The Bertz CT molecular complexity index is 323. The van der Waals surface area contributed by atoms with Crippen molar-refractivity contribution >= 4 is 11.9 Å². The fourth-order valence-electron chi connectivity index (χ4n) is 2.06.